The molecule has 3 aromatic rings. The van der Waals surface area contributed by atoms with Crippen molar-refractivity contribution in [2.24, 2.45) is 23.0 Å². The molecule has 0 saturated heterocycles. The minimum atomic E-state index is -3.79. The molecule has 0 amide bonds. The predicted octanol–water partition coefficient (Wildman–Crippen LogP) is 3.76. The van der Waals surface area contributed by atoms with E-state index in [1.807, 2.05) is 13.8 Å². The normalized spacial score (nSPS) is 18.5. The molecule has 25 heteroatoms. The molecule has 5 rings (SSSR count). The highest BCUT2D eigenvalue weighted by molar-refractivity contribution is 7.91. The Morgan fingerprint density at radius 2 is 1.20 bits per heavy atom. The van der Waals surface area contributed by atoms with Crippen molar-refractivity contribution >= 4 is 99.8 Å². The van der Waals surface area contributed by atoms with Gasteiger partial charge in [-0.1, -0.05) is 34.6 Å². The minimum absolute atomic E-state index is 0.0547. The highest BCUT2D eigenvalue weighted by atomic mass is 32.3. The standard InChI is InChI=1S/C15H19N5O5S3.C15H25N5O4S3/c1-4-9(11-6-5-7-25-11)16-13-14(19-27(22)18-13)17-10-8-26-15(12(10)21)28(23,24)20(2)3;1-7-10(15(2,3)4)17-13-12(18-26(22)19-13)16-9-8-25-14(11(9)21)27(23,24)20(5)6/h5-9,21H,4H2,1-3H3,(H,16,18)(H,17,19);8,10,21H,7H2,1-6H3,(H,16,18)(H,17,19)/t9-,27?;10-,26?/m10/s1. The lowest BCUT2D eigenvalue weighted by atomic mass is 9.85. The zero-order valence-corrected chi connectivity index (χ0v) is 36.2. The van der Waals surface area contributed by atoms with Gasteiger partial charge in [0.25, 0.3) is 42.4 Å². The van der Waals surface area contributed by atoms with Gasteiger partial charge in [-0.3, -0.25) is 0 Å². The number of aromatic hydroxyl groups is 2. The molecule has 6 N–H and O–H groups in total. The first-order valence-electron chi connectivity index (χ1n) is 16.4. The van der Waals surface area contributed by atoms with E-state index in [4.69, 9.17) is 4.42 Å². The van der Waals surface area contributed by atoms with Gasteiger partial charge in [0.05, 0.1) is 23.7 Å². The van der Waals surface area contributed by atoms with Gasteiger partial charge >= 0.3 is 0 Å². The molecule has 4 atom stereocenters. The van der Waals surface area contributed by atoms with Crippen LogP contribution in [-0.2, 0) is 42.4 Å². The molecule has 0 bridgehead atoms. The van der Waals surface area contributed by atoms with E-state index in [0.29, 0.717) is 18.0 Å². The van der Waals surface area contributed by atoms with Crippen LogP contribution in [0.15, 0.2) is 59.6 Å². The van der Waals surface area contributed by atoms with E-state index in [9.17, 15) is 35.5 Å². The highest BCUT2D eigenvalue weighted by Gasteiger charge is 2.32. The van der Waals surface area contributed by atoms with E-state index in [0.717, 1.165) is 37.7 Å². The van der Waals surface area contributed by atoms with Crippen LogP contribution in [0.5, 0.6) is 11.5 Å². The number of anilines is 2. The monoisotopic (exact) mass is 880 g/mol. The fourth-order valence-corrected chi connectivity index (χ4v) is 10.8. The van der Waals surface area contributed by atoms with Crippen molar-refractivity contribution in [3.63, 3.8) is 0 Å². The lowest BCUT2D eigenvalue weighted by Crippen LogP contribution is -2.46. The minimum Gasteiger partial charge on any atom is -0.504 e. The zero-order valence-electron chi connectivity index (χ0n) is 31.3. The van der Waals surface area contributed by atoms with Gasteiger partial charge in [0, 0.05) is 45.0 Å². The van der Waals surface area contributed by atoms with Crippen molar-refractivity contribution < 1.29 is 39.9 Å². The van der Waals surface area contributed by atoms with E-state index in [1.165, 1.54) is 39.0 Å². The summed E-state index contributed by atoms with van der Waals surface area (Å²) in [7, 11) is -2.04. The lowest BCUT2D eigenvalue weighted by molar-refractivity contribution is 0.290. The van der Waals surface area contributed by atoms with E-state index < -0.39 is 53.9 Å². The SMILES string of the molecule is CC[C@@H](NC1=NS(=O)N=C1Nc1csc(S(=O)(=O)N(C)C)c1O)c1ccco1.CC[C@H](NC1=NS(=O)N=C1Nc1csc(S(=O)(=O)N(C)C)c1O)C(C)(C)C. The molecule has 0 aliphatic carbocycles. The molecule has 304 valence electrons. The van der Waals surface area contributed by atoms with Crippen molar-refractivity contribution in [3.8, 4) is 11.5 Å². The van der Waals surface area contributed by atoms with Gasteiger partial charge in [0.2, 0.25) is 0 Å². The van der Waals surface area contributed by atoms with Crippen LogP contribution >= 0.6 is 22.7 Å². The smallest absolute Gasteiger partial charge is 0.269 e. The first-order valence-corrected chi connectivity index (χ1v) is 23.1. The second-order valence-electron chi connectivity index (χ2n) is 13.2. The number of furan rings is 1. The van der Waals surface area contributed by atoms with Gasteiger partial charge in [-0.05, 0) is 30.4 Å². The van der Waals surface area contributed by atoms with Crippen molar-refractivity contribution in [2.75, 3.05) is 38.8 Å². The maximum atomic E-state index is 12.3. The number of hydrogen-bond donors (Lipinski definition) is 6. The summed E-state index contributed by atoms with van der Waals surface area (Å²) in [5, 5.41) is 35.6. The molecule has 0 saturated carbocycles. The van der Waals surface area contributed by atoms with Gasteiger partial charge < -0.3 is 35.9 Å². The maximum absolute atomic E-state index is 12.3. The van der Waals surface area contributed by atoms with Crippen LogP contribution in [0.4, 0.5) is 11.4 Å². The van der Waals surface area contributed by atoms with Gasteiger partial charge in [-0.25, -0.2) is 33.9 Å². The maximum Gasteiger partial charge on any atom is 0.269 e. The van der Waals surface area contributed by atoms with Crippen LogP contribution in [0.2, 0.25) is 0 Å². The summed E-state index contributed by atoms with van der Waals surface area (Å²) in [5.41, 5.74) is 0.226. The van der Waals surface area contributed by atoms with Crippen molar-refractivity contribution in [3.05, 3.63) is 34.9 Å². The van der Waals surface area contributed by atoms with E-state index in [-0.39, 0.29) is 54.8 Å². The second kappa shape index (κ2) is 17.6. The molecule has 2 unspecified atom stereocenters. The Kier molecular flexibility index (Phi) is 14.1. The third-order valence-electron chi connectivity index (χ3n) is 7.90. The molecule has 0 radical (unpaired) electrons. The Morgan fingerprint density at radius 1 is 0.764 bits per heavy atom. The molecule has 0 fully saturated rings. The largest absolute Gasteiger partial charge is 0.504 e. The van der Waals surface area contributed by atoms with Crippen LogP contribution in [0.25, 0.3) is 0 Å². The second-order valence-corrected chi connectivity index (χ2v) is 21.3. The average Bonchev–Trinajstić information content (AvgIpc) is 3.93. The van der Waals surface area contributed by atoms with Crippen molar-refractivity contribution in [1.29, 1.82) is 0 Å². The zero-order chi connectivity index (χ0) is 41.0. The molecule has 0 spiro atoms. The van der Waals surface area contributed by atoms with Crippen LogP contribution in [0.1, 0.15) is 59.3 Å². The van der Waals surface area contributed by atoms with Crippen molar-refractivity contribution in [1.82, 2.24) is 19.2 Å². The summed E-state index contributed by atoms with van der Waals surface area (Å²) in [6, 6.07) is 3.40. The Morgan fingerprint density at radius 3 is 1.56 bits per heavy atom. The highest BCUT2D eigenvalue weighted by Crippen LogP contribution is 2.40. The Labute approximate surface area is 333 Å². The van der Waals surface area contributed by atoms with Crippen LogP contribution in [0, 0.1) is 5.41 Å². The summed E-state index contributed by atoms with van der Waals surface area (Å²) in [6.07, 6.45) is 3.04. The van der Waals surface area contributed by atoms with Gasteiger partial charge in [0.15, 0.2) is 43.3 Å². The van der Waals surface area contributed by atoms with Gasteiger partial charge in [-0.15, -0.1) is 40.3 Å². The molecular weight excluding hydrogens is 837 g/mol. The fraction of sp³-hybridized carbons (Fsp3) is 0.467. The summed E-state index contributed by atoms with van der Waals surface area (Å²) in [4.78, 5) is 0. The third kappa shape index (κ3) is 10.2. The summed E-state index contributed by atoms with van der Waals surface area (Å²) in [6.45, 7) is 10.2. The number of rotatable bonds is 11. The number of nitrogens with one attached hydrogen (secondary N) is 4. The summed E-state index contributed by atoms with van der Waals surface area (Å²) >= 11 is -1.86. The molecule has 0 aromatic carbocycles. The number of nitrogens with zero attached hydrogens (tertiary/aromatic N) is 6. The quantitative estimate of drug-likeness (QED) is 0.161. The summed E-state index contributed by atoms with van der Waals surface area (Å²) in [5.74, 6) is 0.706. The van der Waals surface area contributed by atoms with Crippen LogP contribution in [0.3, 0.4) is 0 Å². The molecule has 3 aromatic heterocycles. The van der Waals surface area contributed by atoms with Crippen LogP contribution in [-0.4, -0.2) is 102 Å². The Bertz CT molecular complexity index is 2250. The van der Waals surface area contributed by atoms with Gasteiger partial charge in [-0.2, -0.15) is 0 Å². The fourth-order valence-electron chi connectivity index (χ4n) is 4.80. The third-order valence-corrected chi connectivity index (χ3v) is 15.9. The average molecular weight is 881 g/mol. The van der Waals surface area contributed by atoms with Crippen molar-refractivity contribution in [2.45, 2.75) is 68.0 Å². The first-order chi connectivity index (χ1) is 25.6. The predicted molar refractivity (Wildman–Crippen MR) is 219 cm³/mol. The lowest BCUT2D eigenvalue weighted by Gasteiger charge is -2.31. The molecular formula is C30H44N10O9S6. The summed E-state index contributed by atoms with van der Waals surface area (Å²) < 4.78 is 95.4. The molecule has 2 aliphatic heterocycles. The molecule has 5 heterocycles. The number of sulfonamides is 2. The molecule has 19 nitrogen and oxygen atoms in total. The topological polar surface area (TPSA) is 260 Å². The number of thiophene rings is 2. The molecule has 2 aliphatic rings. The van der Waals surface area contributed by atoms with E-state index in [2.05, 4.69) is 59.6 Å². The molecule has 55 heavy (non-hydrogen) atoms. The Balaban J connectivity index is 0.000000245. The van der Waals surface area contributed by atoms with Gasteiger partial charge in [0.1, 0.15) is 5.76 Å². The number of hydrogen-bond acceptors (Lipinski definition) is 15. The van der Waals surface area contributed by atoms with E-state index in [1.54, 1.807) is 18.4 Å². The first kappa shape index (κ1) is 44.0. The van der Waals surface area contributed by atoms with E-state index >= 15 is 0 Å². The Hall–Kier alpha value is -3.72. The van der Waals surface area contributed by atoms with Crippen LogP contribution < -0.4 is 21.3 Å². The number of amidine groups is 4.